The minimum Gasteiger partial charge on any atom is -0.258 e. The Balaban J connectivity index is 2.33. The van der Waals surface area contributed by atoms with Crippen molar-refractivity contribution in [3.8, 4) is 0 Å². The average molecular weight is 353 g/mol. The van der Waals surface area contributed by atoms with Gasteiger partial charge in [0.15, 0.2) is 4.90 Å². The van der Waals surface area contributed by atoms with Crippen molar-refractivity contribution < 1.29 is 13.3 Å². The van der Waals surface area contributed by atoms with Crippen molar-refractivity contribution in [2.45, 2.75) is 42.0 Å². The van der Waals surface area contributed by atoms with Crippen LogP contribution in [0.25, 0.3) is 0 Å². The van der Waals surface area contributed by atoms with E-state index in [-0.39, 0.29) is 10.4 Å². The molecule has 0 aromatic heterocycles. The predicted octanol–water partition coefficient (Wildman–Crippen LogP) is 3.08. The monoisotopic (exact) mass is 352 g/mol. The van der Waals surface area contributed by atoms with Crippen molar-refractivity contribution in [2.24, 2.45) is 0 Å². The van der Waals surface area contributed by atoms with E-state index in [1.54, 1.807) is 0 Å². The molecule has 0 aliphatic heterocycles. The van der Waals surface area contributed by atoms with Crippen molar-refractivity contribution in [3.63, 3.8) is 0 Å². The fraction of sp³-hybridized carbons (Fsp3) is 0.500. The molecule has 9 heteroatoms. The van der Waals surface area contributed by atoms with Crippen molar-refractivity contribution >= 4 is 38.9 Å². The molecule has 116 valence electrons. The molecule has 0 heterocycles. The fourth-order valence-corrected chi connectivity index (χ4v) is 4.39. The summed E-state index contributed by atoms with van der Waals surface area (Å²) in [6.07, 6.45) is 3.17. The summed E-state index contributed by atoms with van der Waals surface area (Å²) in [6, 6.07) is 3.05. The number of halogens is 2. The summed E-state index contributed by atoms with van der Waals surface area (Å²) in [7, 11) is -4.02. The maximum absolute atomic E-state index is 12.4. The Morgan fingerprint density at radius 3 is 2.57 bits per heavy atom. The highest BCUT2D eigenvalue weighted by atomic mass is 35.5. The summed E-state index contributed by atoms with van der Waals surface area (Å²) in [4.78, 5) is 9.84. The van der Waals surface area contributed by atoms with Gasteiger partial charge in [-0.05, 0) is 25.0 Å². The number of nitro groups is 1. The number of hydrogen-bond acceptors (Lipinski definition) is 4. The normalized spacial score (nSPS) is 23.0. The number of alkyl halides is 1. The molecule has 1 fully saturated rings. The minimum atomic E-state index is -4.02. The second kappa shape index (κ2) is 6.48. The van der Waals surface area contributed by atoms with Crippen molar-refractivity contribution in [3.05, 3.63) is 33.3 Å². The third-order valence-corrected chi connectivity index (χ3v) is 5.69. The highest BCUT2D eigenvalue weighted by molar-refractivity contribution is 7.89. The van der Waals surface area contributed by atoms with E-state index in [0.29, 0.717) is 6.42 Å². The molecule has 2 rings (SSSR count). The van der Waals surface area contributed by atoms with E-state index >= 15 is 0 Å². The summed E-state index contributed by atoms with van der Waals surface area (Å²) in [6.45, 7) is 0. The van der Waals surface area contributed by atoms with E-state index in [2.05, 4.69) is 4.72 Å². The van der Waals surface area contributed by atoms with Crippen LogP contribution in [0.5, 0.6) is 0 Å². The molecule has 21 heavy (non-hydrogen) atoms. The molecule has 1 N–H and O–H groups in total. The zero-order chi connectivity index (χ0) is 15.6. The van der Waals surface area contributed by atoms with E-state index in [1.807, 2.05) is 0 Å². The van der Waals surface area contributed by atoms with Crippen LogP contribution in [0.3, 0.4) is 0 Å². The van der Waals surface area contributed by atoms with Crippen LogP contribution in [0, 0.1) is 10.1 Å². The minimum absolute atomic E-state index is 0.105. The number of sulfonamides is 1. The van der Waals surface area contributed by atoms with Crippen molar-refractivity contribution in [1.29, 1.82) is 0 Å². The zero-order valence-corrected chi connectivity index (χ0v) is 13.3. The Labute approximate surface area is 132 Å². The SMILES string of the molecule is O=[N+]([O-])c1cc(Cl)ccc1S(=O)(=O)NC1CCCCC1Cl. The van der Waals surface area contributed by atoms with Gasteiger partial charge in [0.1, 0.15) is 0 Å². The van der Waals surface area contributed by atoms with Crippen LogP contribution in [0.15, 0.2) is 23.1 Å². The first kappa shape index (κ1) is 16.5. The van der Waals surface area contributed by atoms with Gasteiger partial charge in [0.2, 0.25) is 10.0 Å². The van der Waals surface area contributed by atoms with Gasteiger partial charge in [-0.25, -0.2) is 13.1 Å². The summed E-state index contributed by atoms with van der Waals surface area (Å²) in [5, 5.41) is 10.8. The Hall–Kier alpha value is -0.890. The molecule has 0 spiro atoms. The summed E-state index contributed by atoms with van der Waals surface area (Å²) < 4.78 is 27.2. The Kier molecular flexibility index (Phi) is 5.08. The Morgan fingerprint density at radius 2 is 1.95 bits per heavy atom. The number of nitro benzene ring substituents is 1. The smallest absolute Gasteiger partial charge is 0.258 e. The Morgan fingerprint density at radius 1 is 1.29 bits per heavy atom. The molecule has 0 amide bonds. The molecule has 0 saturated heterocycles. The maximum Gasteiger partial charge on any atom is 0.290 e. The van der Waals surface area contributed by atoms with Gasteiger partial charge in [-0.2, -0.15) is 0 Å². The summed E-state index contributed by atoms with van der Waals surface area (Å²) in [5.74, 6) is 0. The van der Waals surface area contributed by atoms with E-state index in [9.17, 15) is 18.5 Å². The van der Waals surface area contributed by atoms with Crippen LogP contribution in [-0.4, -0.2) is 24.8 Å². The summed E-state index contributed by atoms with van der Waals surface area (Å²) in [5.41, 5.74) is -0.545. The predicted molar refractivity (Wildman–Crippen MR) is 80.3 cm³/mol. The number of benzene rings is 1. The fourth-order valence-electron chi connectivity index (χ4n) is 2.34. The average Bonchev–Trinajstić information content (AvgIpc) is 2.40. The number of rotatable bonds is 4. The lowest BCUT2D eigenvalue weighted by Gasteiger charge is -2.27. The molecule has 0 radical (unpaired) electrons. The van der Waals surface area contributed by atoms with E-state index in [4.69, 9.17) is 23.2 Å². The largest absolute Gasteiger partial charge is 0.290 e. The van der Waals surface area contributed by atoms with Gasteiger partial charge in [-0.1, -0.05) is 24.4 Å². The van der Waals surface area contributed by atoms with Crippen LogP contribution in [0.2, 0.25) is 5.02 Å². The maximum atomic E-state index is 12.4. The quantitative estimate of drug-likeness (QED) is 0.512. The van der Waals surface area contributed by atoms with Gasteiger partial charge in [0.05, 0.1) is 4.92 Å². The lowest BCUT2D eigenvalue weighted by molar-refractivity contribution is -0.387. The second-order valence-corrected chi connectivity index (χ2v) is 7.58. The van der Waals surface area contributed by atoms with Crippen LogP contribution in [-0.2, 0) is 10.0 Å². The third kappa shape index (κ3) is 3.85. The molecular formula is C12H14Cl2N2O4S. The first-order chi connectivity index (χ1) is 9.81. The number of nitrogens with zero attached hydrogens (tertiary/aromatic N) is 1. The van der Waals surface area contributed by atoms with Crippen LogP contribution in [0.4, 0.5) is 5.69 Å². The number of nitrogens with one attached hydrogen (secondary N) is 1. The molecule has 1 saturated carbocycles. The highest BCUT2D eigenvalue weighted by Crippen LogP contribution is 2.29. The first-order valence-electron chi connectivity index (χ1n) is 6.41. The molecule has 2 unspecified atom stereocenters. The molecule has 1 aromatic carbocycles. The lowest BCUT2D eigenvalue weighted by atomic mass is 9.96. The molecule has 1 aromatic rings. The highest BCUT2D eigenvalue weighted by Gasteiger charge is 2.32. The molecular weight excluding hydrogens is 339 g/mol. The molecule has 1 aliphatic rings. The van der Waals surface area contributed by atoms with E-state index in [1.165, 1.54) is 6.07 Å². The van der Waals surface area contributed by atoms with Gasteiger partial charge in [0.25, 0.3) is 5.69 Å². The van der Waals surface area contributed by atoms with Crippen LogP contribution < -0.4 is 4.72 Å². The van der Waals surface area contributed by atoms with E-state index < -0.39 is 31.6 Å². The zero-order valence-electron chi connectivity index (χ0n) is 11.0. The second-order valence-electron chi connectivity index (χ2n) is 4.90. The van der Waals surface area contributed by atoms with Crippen LogP contribution in [0.1, 0.15) is 25.7 Å². The van der Waals surface area contributed by atoms with Crippen LogP contribution >= 0.6 is 23.2 Å². The number of hydrogen-bond donors (Lipinski definition) is 1. The summed E-state index contributed by atoms with van der Waals surface area (Å²) >= 11 is 11.8. The molecule has 6 nitrogen and oxygen atoms in total. The van der Waals surface area contributed by atoms with Gasteiger partial charge < -0.3 is 0 Å². The van der Waals surface area contributed by atoms with Gasteiger partial charge in [-0.3, -0.25) is 10.1 Å². The van der Waals surface area contributed by atoms with Crippen molar-refractivity contribution in [1.82, 2.24) is 4.72 Å². The Bertz CT molecular complexity index is 651. The topological polar surface area (TPSA) is 89.3 Å². The van der Waals surface area contributed by atoms with Gasteiger partial charge in [0, 0.05) is 22.5 Å². The molecule has 0 bridgehead atoms. The standard InChI is InChI=1S/C12H14Cl2N2O4S/c13-8-5-6-12(11(7-8)16(17)18)21(19,20)15-10-4-2-1-3-9(10)14/h5-7,9-10,15H,1-4H2. The van der Waals surface area contributed by atoms with Gasteiger partial charge in [-0.15, -0.1) is 11.6 Å². The third-order valence-electron chi connectivity index (χ3n) is 3.40. The first-order valence-corrected chi connectivity index (χ1v) is 8.71. The lowest BCUT2D eigenvalue weighted by Crippen LogP contribution is -2.42. The van der Waals surface area contributed by atoms with E-state index in [0.717, 1.165) is 31.4 Å². The van der Waals surface area contributed by atoms with Crippen molar-refractivity contribution in [2.75, 3.05) is 0 Å². The molecule has 2 atom stereocenters. The molecule has 1 aliphatic carbocycles. The van der Waals surface area contributed by atoms with Gasteiger partial charge >= 0.3 is 0 Å².